The van der Waals surface area contributed by atoms with Gasteiger partial charge in [-0.1, -0.05) is 18.2 Å². The van der Waals surface area contributed by atoms with Gasteiger partial charge >= 0.3 is 5.69 Å². The highest BCUT2D eigenvalue weighted by Gasteiger charge is 2.00. The zero-order valence-corrected chi connectivity index (χ0v) is 12.7. The van der Waals surface area contributed by atoms with Gasteiger partial charge in [0.2, 0.25) is 0 Å². The van der Waals surface area contributed by atoms with E-state index in [1.165, 1.54) is 15.7 Å². The number of aromatic nitrogens is 2. The van der Waals surface area contributed by atoms with Crippen LogP contribution in [0.2, 0.25) is 0 Å². The SMILES string of the molecule is Cc1cn(COCCCSc2ccccc2)c(=O)[nH]c1=O. The first-order valence-electron chi connectivity index (χ1n) is 6.73. The van der Waals surface area contributed by atoms with Crippen molar-refractivity contribution in [2.45, 2.75) is 25.0 Å². The summed E-state index contributed by atoms with van der Waals surface area (Å²) in [6.45, 7) is 2.39. The van der Waals surface area contributed by atoms with E-state index in [1.54, 1.807) is 18.7 Å². The first-order chi connectivity index (χ1) is 10.2. The van der Waals surface area contributed by atoms with Crippen LogP contribution in [-0.4, -0.2) is 21.9 Å². The van der Waals surface area contributed by atoms with Gasteiger partial charge in [0, 0.05) is 29.0 Å². The Hall–Kier alpha value is -1.79. The van der Waals surface area contributed by atoms with Crippen LogP contribution in [0.4, 0.5) is 0 Å². The topological polar surface area (TPSA) is 64.1 Å². The van der Waals surface area contributed by atoms with Gasteiger partial charge in [-0.15, -0.1) is 11.8 Å². The fourth-order valence-corrected chi connectivity index (χ4v) is 2.59. The van der Waals surface area contributed by atoms with Crippen molar-refractivity contribution in [1.29, 1.82) is 0 Å². The summed E-state index contributed by atoms with van der Waals surface area (Å²) < 4.78 is 6.82. The minimum Gasteiger partial charge on any atom is -0.361 e. The van der Waals surface area contributed by atoms with Crippen molar-refractivity contribution in [1.82, 2.24) is 9.55 Å². The molecule has 0 amide bonds. The number of H-pyrrole nitrogens is 1. The molecule has 0 aliphatic carbocycles. The minimum absolute atomic E-state index is 0.159. The number of nitrogens with zero attached hydrogens (tertiary/aromatic N) is 1. The molecule has 1 heterocycles. The number of nitrogens with one attached hydrogen (secondary N) is 1. The van der Waals surface area contributed by atoms with Crippen LogP contribution in [0.15, 0.2) is 51.0 Å². The van der Waals surface area contributed by atoms with Gasteiger partial charge in [0.15, 0.2) is 0 Å². The molecule has 0 aliphatic rings. The molecule has 2 rings (SSSR count). The largest absolute Gasteiger partial charge is 0.361 e. The van der Waals surface area contributed by atoms with Crippen LogP contribution < -0.4 is 11.2 Å². The average molecular weight is 306 g/mol. The van der Waals surface area contributed by atoms with Crippen molar-refractivity contribution in [3.8, 4) is 0 Å². The van der Waals surface area contributed by atoms with Gasteiger partial charge in [0.25, 0.3) is 5.56 Å². The van der Waals surface area contributed by atoms with Crippen molar-refractivity contribution >= 4 is 11.8 Å². The molecular weight excluding hydrogens is 288 g/mol. The van der Waals surface area contributed by atoms with Crippen LogP contribution in [-0.2, 0) is 11.5 Å². The number of aromatic amines is 1. The summed E-state index contributed by atoms with van der Waals surface area (Å²) in [5.41, 5.74) is -0.294. The Morgan fingerprint density at radius 1 is 1.24 bits per heavy atom. The third-order valence-electron chi connectivity index (χ3n) is 2.86. The Balaban J connectivity index is 1.69. The molecule has 1 aromatic carbocycles. The number of rotatable bonds is 7. The Labute approximate surface area is 127 Å². The molecule has 0 bridgehead atoms. The van der Waals surface area contributed by atoms with Crippen molar-refractivity contribution in [2.24, 2.45) is 0 Å². The molecule has 5 nitrogen and oxygen atoms in total. The molecule has 112 valence electrons. The van der Waals surface area contributed by atoms with Crippen LogP contribution in [0.3, 0.4) is 0 Å². The Morgan fingerprint density at radius 2 is 2.00 bits per heavy atom. The van der Waals surface area contributed by atoms with Crippen LogP contribution in [0, 0.1) is 6.92 Å². The van der Waals surface area contributed by atoms with E-state index in [4.69, 9.17) is 4.74 Å². The van der Waals surface area contributed by atoms with Crippen LogP contribution in [0.1, 0.15) is 12.0 Å². The van der Waals surface area contributed by atoms with E-state index in [0.717, 1.165) is 12.2 Å². The van der Waals surface area contributed by atoms with Gasteiger partial charge < -0.3 is 4.74 Å². The second-order valence-corrected chi connectivity index (χ2v) is 5.76. The third kappa shape index (κ3) is 4.91. The van der Waals surface area contributed by atoms with E-state index in [9.17, 15) is 9.59 Å². The molecule has 0 radical (unpaired) electrons. The van der Waals surface area contributed by atoms with E-state index in [2.05, 4.69) is 17.1 Å². The van der Waals surface area contributed by atoms with Crippen LogP contribution in [0.5, 0.6) is 0 Å². The zero-order chi connectivity index (χ0) is 15.1. The molecule has 1 N–H and O–H groups in total. The van der Waals surface area contributed by atoms with Crippen LogP contribution in [0.25, 0.3) is 0 Å². The molecule has 2 aromatic rings. The minimum atomic E-state index is -0.440. The summed E-state index contributed by atoms with van der Waals surface area (Å²) in [7, 11) is 0. The maximum absolute atomic E-state index is 11.5. The van der Waals surface area contributed by atoms with Gasteiger partial charge in [0.1, 0.15) is 6.73 Å². The quantitative estimate of drug-likeness (QED) is 0.628. The molecule has 0 spiro atoms. The monoisotopic (exact) mass is 306 g/mol. The Morgan fingerprint density at radius 3 is 2.76 bits per heavy atom. The number of aryl methyl sites for hydroxylation is 1. The number of hydrogen-bond acceptors (Lipinski definition) is 4. The lowest BCUT2D eigenvalue weighted by atomic mass is 10.4. The highest BCUT2D eigenvalue weighted by atomic mass is 32.2. The Kier molecular flexibility index (Phi) is 5.83. The van der Waals surface area contributed by atoms with Gasteiger partial charge in [-0.3, -0.25) is 14.3 Å². The van der Waals surface area contributed by atoms with Crippen LogP contribution >= 0.6 is 11.8 Å². The van der Waals surface area contributed by atoms with Gasteiger partial charge in [-0.25, -0.2) is 4.79 Å². The van der Waals surface area contributed by atoms with Gasteiger partial charge in [-0.2, -0.15) is 0 Å². The molecule has 1 aromatic heterocycles. The van der Waals surface area contributed by atoms with E-state index < -0.39 is 5.69 Å². The van der Waals surface area contributed by atoms with Crippen molar-refractivity contribution in [3.63, 3.8) is 0 Å². The lowest BCUT2D eigenvalue weighted by molar-refractivity contribution is 0.0746. The predicted molar refractivity (Wildman–Crippen MR) is 83.8 cm³/mol. The number of thioether (sulfide) groups is 1. The first kappa shape index (κ1) is 15.6. The second-order valence-electron chi connectivity index (χ2n) is 4.59. The number of benzene rings is 1. The summed E-state index contributed by atoms with van der Waals surface area (Å²) >= 11 is 1.78. The third-order valence-corrected chi connectivity index (χ3v) is 3.96. The van der Waals surface area contributed by atoms with Gasteiger partial charge in [-0.05, 0) is 25.5 Å². The molecular formula is C15H18N2O3S. The lowest BCUT2D eigenvalue weighted by Gasteiger charge is -2.07. The first-order valence-corrected chi connectivity index (χ1v) is 7.71. The molecule has 0 saturated carbocycles. The molecule has 6 heteroatoms. The number of hydrogen-bond donors (Lipinski definition) is 1. The smallest absolute Gasteiger partial charge is 0.330 e. The maximum atomic E-state index is 11.5. The highest BCUT2D eigenvalue weighted by molar-refractivity contribution is 7.99. The standard InChI is InChI=1S/C15H18N2O3S/c1-12-10-17(15(19)16-14(12)18)11-20-8-5-9-21-13-6-3-2-4-7-13/h2-4,6-7,10H,5,8-9,11H2,1H3,(H,16,18,19). The normalized spacial score (nSPS) is 10.7. The van der Waals surface area contributed by atoms with Crippen molar-refractivity contribution in [2.75, 3.05) is 12.4 Å². The molecule has 0 unspecified atom stereocenters. The summed E-state index contributed by atoms with van der Waals surface area (Å²) in [6, 6.07) is 10.2. The molecule has 0 saturated heterocycles. The Bertz CT molecular complexity index is 679. The molecule has 21 heavy (non-hydrogen) atoms. The van der Waals surface area contributed by atoms with Crippen molar-refractivity contribution < 1.29 is 4.74 Å². The fourth-order valence-electron chi connectivity index (χ4n) is 1.75. The summed E-state index contributed by atoms with van der Waals surface area (Å²) in [6.07, 6.45) is 2.41. The zero-order valence-electron chi connectivity index (χ0n) is 11.9. The predicted octanol–water partition coefficient (Wildman–Crippen LogP) is 2.00. The van der Waals surface area contributed by atoms with E-state index in [0.29, 0.717) is 12.2 Å². The summed E-state index contributed by atoms with van der Waals surface area (Å²) in [4.78, 5) is 26.2. The summed E-state index contributed by atoms with van der Waals surface area (Å²) in [5, 5.41) is 0. The second kappa shape index (κ2) is 7.85. The summed E-state index contributed by atoms with van der Waals surface area (Å²) in [5.74, 6) is 0.962. The maximum Gasteiger partial charge on any atom is 0.330 e. The van der Waals surface area contributed by atoms with E-state index in [1.807, 2.05) is 18.2 Å². The fraction of sp³-hybridized carbons (Fsp3) is 0.333. The molecule has 0 atom stereocenters. The van der Waals surface area contributed by atoms with E-state index >= 15 is 0 Å². The highest BCUT2D eigenvalue weighted by Crippen LogP contribution is 2.17. The van der Waals surface area contributed by atoms with Crippen molar-refractivity contribution in [3.05, 3.63) is 62.9 Å². The van der Waals surface area contributed by atoms with Gasteiger partial charge in [0.05, 0.1) is 0 Å². The average Bonchev–Trinajstić information content (AvgIpc) is 2.49. The lowest BCUT2D eigenvalue weighted by Crippen LogP contribution is -2.31. The molecule has 0 fully saturated rings. The van der Waals surface area contributed by atoms with E-state index in [-0.39, 0.29) is 12.3 Å². The molecule has 0 aliphatic heterocycles. The number of ether oxygens (including phenoxy) is 1.